The first kappa shape index (κ1) is 19.5. The lowest BCUT2D eigenvalue weighted by Crippen LogP contribution is -2.46. The molecular formula is C22H28FN5O. The van der Waals surface area contributed by atoms with Crippen molar-refractivity contribution in [3.8, 4) is 0 Å². The van der Waals surface area contributed by atoms with E-state index in [9.17, 15) is 9.18 Å². The SMILES string of the molecule is O=C(Nc1ccc(N2CCN(c3ccc(F)cc3)CC2)cn1)NC1CCCCC1. The summed E-state index contributed by atoms with van der Waals surface area (Å²) in [6, 6.07) is 10.6. The number of hydrogen-bond donors (Lipinski definition) is 2. The van der Waals surface area contributed by atoms with Crippen LogP contribution in [-0.4, -0.2) is 43.2 Å². The Hall–Kier alpha value is -2.83. The third-order valence-corrected chi connectivity index (χ3v) is 5.77. The van der Waals surface area contributed by atoms with Crippen molar-refractivity contribution in [1.82, 2.24) is 10.3 Å². The molecule has 0 atom stereocenters. The molecule has 1 aliphatic carbocycles. The number of amides is 2. The van der Waals surface area contributed by atoms with Crippen LogP contribution >= 0.6 is 0 Å². The zero-order valence-electron chi connectivity index (χ0n) is 16.6. The molecule has 1 aromatic heterocycles. The molecule has 2 N–H and O–H groups in total. The number of halogens is 1. The summed E-state index contributed by atoms with van der Waals surface area (Å²) in [4.78, 5) is 21.1. The molecule has 0 unspecified atom stereocenters. The highest BCUT2D eigenvalue weighted by Gasteiger charge is 2.19. The molecule has 0 spiro atoms. The van der Waals surface area contributed by atoms with E-state index in [0.717, 1.165) is 50.4 Å². The molecule has 29 heavy (non-hydrogen) atoms. The van der Waals surface area contributed by atoms with Gasteiger partial charge in [-0.05, 0) is 49.2 Å². The summed E-state index contributed by atoms with van der Waals surface area (Å²) in [6.45, 7) is 3.48. The number of rotatable bonds is 4. The Morgan fingerprint density at radius 2 is 1.52 bits per heavy atom. The largest absolute Gasteiger partial charge is 0.368 e. The van der Waals surface area contributed by atoms with Crippen LogP contribution < -0.4 is 20.4 Å². The maximum atomic E-state index is 13.1. The number of nitrogens with zero attached hydrogens (tertiary/aromatic N) is 3. The van der Waals surface area contributed by atoms with Crippen molar-refractivity contribution >= 4 is 23.2 Å². The predicted molar refractivity (Wildman–Crippen MR) is 114 cm³/mol. The van der Waals surface area contributed by atoms with Crippen LogP contribution in [0.15, 0.2) is 42.6 Å². The zero-order chi connectivity index (χ0) is 20.1. The number of piperazine rings is 1. The second-order valence-corrected chi connectivity index (χ2v) is 7.79. The number of carbonyl (C=O) groups is 1. The van der Waals surface area contributed by atoms with Crippen LogP contribution in [0, 0.1) is 5.82 Å². The molecule has 0 bridgehead atoms. The molecule has 2 aromatic rings. The van der Waals surface area contributed by atoms with Gasteiger partial charge >= 0.3 is 6.03 Å². The number of hydrogen-bond acceptors (Lipinski definition) is 4. The topological polar surface area (TPSA) is 60.5 Å². The fourth-order valence-electron chi connectivity index (χ4n) is 4.11. The van der Waals surface area contributed by atoms with Crippen LogP contribution in [0.1, 0.15) is 32.1 Å². The van der Waals surface area contributed by atoms with Crippen LogP contribution in [-0.2, 0) is 0 Å². The average molecular weight is 397 g/mol. The highest BCUT2D eigenvalue weighted by molar-refractivity contribution is 5.88. The molecule has 2 heterocycles. The minimum Gasteiger partial charge on any atom is -0.368 e. The molecule has 1 saturated heterocycles. The molecule has 0 radical (unpaired) electrons. The maximum Gasteiger partial charge on any atom is 0.320 e. The van der Waals surface area contributed by atoms with Crippen LogP contribution in [0.5, 0.6) is 0 Å². The number of pyridine rings is 1. The smallest absolute Gasteiger partial charge is 0.320 e. The first-order valence-electron chi connectivity index (χ1n) is 10.5. The van der Waals surface area contributed by atoms with Gasteiger partial charge in [0.1, 0.15) is 11.6 Å². The first-order chi connectivity index (χ1) is 14.2. The standard InChI is InChI=1S/C22H28FN5O/c23-17-6-8-19(9-7-17)27-12-14-28(15-13-27)20-10-11-21(24-16-20)26-22(29)25-18-4-2-1-3-5-18/h6-11,16,18H,1-5,12-15H2,(H2,24,25,26,29). The lowest BCUT2D eigenvalue weighted by molar-refractivity contribution is 0.244. The molecule has 4 rings (SSSR count). The fourth-order valence-corrected chi connectivity index (χ4v) is 4.11. The lowest BCUT2D eigenvalue weighted by atomic mass is 9.96. The van der Waals surface area contributed by atoms with Crippen molar-refractivity contribution in [1.29, 1.82) is 0 Å². The van der Waals surface area contributed by atoms with Gasteiger partial charge in [0.2, 0.25) is 0 Å². The maximum absolute atomic E-state index is 13.1. The van der Waals surface area contributed by atoms with E-state index in [0.29, 0.717) is 5.82 Å². The first-order valence-corrected chi connectivity index (χ1v) is 10.5. The zero-order valence-corrected chi connectivity index (χ0v) is 16.6. The number of anilines is 3. The molecule has 2 amide bonds. The molecule has 154 valence electrons. The second kappa shape index (κ2) is 9.11. The Morgan fingerprint density at radius 1 is 0.897 bits per heavy atom. The quantitative estimate of drug-likeness (QED) is 0.819. The van der Waals surface area contributed by atoms with Crippen LogP contribution in [0.25, 0.3) is 0 Å². The van der Waals surface area contributed by atoms with Gasteiger partial charge < -0.3 is 15.1 Å². The highest BCUT2D eigenvalue weighted by Crippen LogP contribution is 2.21. The summed E-state index contributed by atoms with van der Waals surface area (Å²) in [6.07, 6.45) is 7.57. The van der Waals surface area contributed by atoms with Gasteiger partial charge in [-0.15, -0.1) is 0 Å². The highest BCUT2D eigenvalue weighted by atomic mass is 19.1. The van der Waals surface area contributed by atoms with Gasteiger partial charge in [0.15, 0.2) is 0 Å². The van der Waals surface area contributed by atoms with Crippen LogP contribution in [0.2, 0.25) is 0 Å². The van der Waals surface area contributed by atoms with E-state index in [4.69, 9.17) is 0 Å². The lowest BCUT2D eigenvalue weighted by Gasteiger charge is -2.37. The Balaban J connectivity index is 1.27. The molecule has 1 saturated carbocycles. The van der Waals surface area contributed by atoms with Crippen molar-refractivity contribution in [2.75, 3.05) is 41.3 Å². The molecule has 2 aliphatic rings. The van der Waals surface area contributed by atoms with Gasteiger partial charge in [-0.3, -0.25) is 5.32 Å². The number of nitrogens with one attached hydrogen (secondary N) is 2. The molecular weight excluding hydrogens is 369 g/mol. The van der Waals surface area contributed by atoms with Gasteiger partial charge in [0.05, 0.1) is 11.9 Å². The summed E-state index contributed by atoms with van der Waals surface area (Å²) in [7, 11) is 0. The summed E-state index contributed by atoms with van der Waals surface area (Å²) in [5.74, 6) is 0.353. The van der Waals surface area contributed by atoms with Crippen molar-refractivity contribution in [2.45, 2.75) is 38.1 Å². The van der Waals surface area contributed by atoms with E-state index >= 15 is 0 Å². The predicted octanol–water partition coefficient (Wildman–Crippen LogP) is 4.00. The molecule has 1 aromatic carbocycles. The van der Waals surface area contributed by atoms with Gasteiger partial charge in [-0.2, -0.15) is 0 Å². The van der Waals surface area contributed by atoms with Gasteiger partial charge in [0.25, 0.3) is 0 Å². The van der Waals surface area contributed by atoms with Crippen molar-refractivity contribution in [2.24, 2.45) is 0 Å². The monoisotopic (exact) mass is 397 g/mol. The van der Waals surface area contributed by atoms with Crippen molar-refractivity contribution in [3.63, 3.8) is 0 Å². The minimum absolute atomic E-state index is 0.176. The number of urea groups is 1. The fraction of sp³-hybridized carbons (Fsp3) is 0.455. The van der Waals surface area contributed by atoms with Crippen molar-refractivity contribution < 1.29 is 9.18 Å². The van der Waals surface area contributed by atoms with E-state index in [1.54, 1.807) is 0 Å². The van der Waals surface area contributed by atoms with E-state index in [-0.39, 0.29) is 17.9 Å². The Morgan fingerprint density at radius 3 is 2.14 bits per heavy atom. The Kier molecular flexibility index (Phi) is 6.12. The summed E-state index contributed by atoms with van der Waals surface area (Å²) < 4.78 is 13.1. The third-order valence-electron chi connectivity index (χ3n) is 5.77. The van der Waals surface area contributed by atoms with Crippen LogP contribution in [0.4, 0.5) is 26.4 Å². The Bertz CT molecular complexity index is 797. The number of benzene rings is 1. The molecule has 6 nitrogen and oxygen atoms in total. The van der Waals surface area contributed by atoms with Gasteiger partial charge in [-0.25, -0.2) is 14.2 Å². The number of carbonyl (C=O) groups excluding carboxylic acids is 1. The number of aromatic nitrogens is 1. The third kappa shape index (κ3) is 5.16. The summed E-state index contributed by atoms with van der Waals surface area (Å²) >= 11 is 0. The van der Waals surface area contributed by atoms with E-state index in [1.807, 2.05) is 30.5 Å². The normalized spacial score (nSPS) is 17.8. The van der Waals surface area contributed by atoms with Crippen LogP contribution in [0.3, 0.4) is 0 Å². The molecule has 7 heteroatoms. The Labute approximate surface area is 171 Å². The molecule has 2 fully saturated rings. The summed E-state index contributed by atoms with van der Waals surface area (Å²) in [5, 5.41) is 5.87. The van der Waals surface area contributed by atoms with Gasteiger partial charge in [0, 0.05) is 37.9 Å². The van der Waals surface area contributed by atoms with E-state index in [1.165, 1.54) is 31.4 Å². The van der Waals surface area contributed by atoms with E-state index < -0.39 is 0 Å². The van der Waals surface area contributed by atoms with Gasteiger partial charge in [-0.1, -0.05) is 19.3 Å². The summed E-state index contributed by atoms with van der Waals surface area (Å²) in [5.41, 5.74) is 2.09. The average Bonchev–Trinajstić information content (AvgIpc) is 2.76. The molecule has 1 aliphatic heterocycles. The van der Waals surface area contributed by atoms with E-state index in [2.05, 4.69) is 25.4 Å². The minimum atomic E-state index is -0.209. The second-order valence-electron chi connectivity index (χ2n) is 7.79. The van der Waals surface area contributed by atoms with Crippen molar-refractivity contribution in [3.05, 3.63) is 48.4 Å².